The number of carbonyl (C=O) groups is 1. The third-order valence-corrected chi connectivity index (χ3v) is 2.56. The van der Waals surface area contributed by atoms with Crippen LogP contribution in [0.25, 0.3) is 0 Å². The molecule has 0 saturated heterocycles. The van der Waals surface area contributed by atoms with Gasteiger partial charge in [0.1, 0.15) is 6.04 Å². The summed E-state index contributed by atoms with van der Waals surface area (Å²) in [5.41, 5.74) is 5.44. The van der Waals surface area contributed by atoms with Crippen LogP contribution in [-0.4, -0.2) is 44.5 Å². The molecule has 0 radical (unpaired) electrons. The Kier molecular flexibility index (Phi) is 8.12. The Morgan fingerprint density at radius 1 is 1.35 bits per heavy atom. The Labute approximate surface area is 104 Å². The van der Waals surface area contributed by atoms with E-state index in [4.69, 9.17) is 19.9 Å². The third-order valence-electron chi connectivity index (χ3n) is 2.56. The van der Waals surface area contributed by atoms with Crippen molar-refractivity contribution >= 4 is 5.97 Å². The van der Waals surface area contributed by atoms with Crippen molar-refractivity contribution in [2.45, 2.75) is 45.3 Å². The summed E-state index contributed by atoms with van der Waals surface area (Å²) in [4.78, 5) is 11.2. The Balaban J connectivity index is 3.55. The Hall–Kier alpha value is -0.650. The standard InChI is InChI=1S/C12H25NO4/c1-5-17-11(14)10(13)6-8-16-9-7-12(2,3)15-4/h10H,5-9,13H2,1-4H3. The number of esters is 1. The van der Waals surface area contributed by atoms with Gasteiger partial charge in [-0.05, 0) is 33.6 Å². The van der Waals surface area contributed by atoms with Crippen LogP contribution in [0, 0.1) is 0 Å². The van der Waals surface area contributed by atoms with Gasteiger partial charge >= 0.3 is 5.97 Å². The molecule has 0 bridgehead atoms. The van der Waals surface area contributed by atoms with Crippen LogP contribution >= 0.6 is 0 Å². The van der Waals surface area contributed by atoms with Gasteiger partial charge in [0.2, 0.25) is 0 Å². The topological polar surface area (TPSA) is 70.8 Å². The summed E-state index contributed by atoms with van der Waals surface area (Å²) in [5.74, 6) is -0.367. The van der Waals surface area contributed by atoms with Crippen LogP contribution in [0.4, 0.5) is 0 Å². The molecular weight excluding hydrogens is 222 g/mol. The fourth-order valence-electron chi connectivity index (χ4n) is 1.10. The minimum atomic E-state index is -0.592. The monoisotopic (exact) mass is 247 g/mol. The predicted molar refractivity (Wildman–Crippen MR) is 65.7 cm³/mol. The molecular formula is C12H25NO4. The lowest BCUT2D eigenvalue weighted by Crippen LogP contribution is -2.33. The molecule has 0 fully saturated rings. The quantitative estimate of drug-likeness (QED) is 0.488. The molecule has 0 aromatic rings. The molecule has 2 N–H and O–H groups in total. The van der Waals surface area contributed by atoms with Gasteiger partial charge in [-0.1, -0.05) is 0 Å². The zero-order valence-corrected chi connectivity index (χ0v) is 11.3. The third kappa shape index (κ3) is 8.12. The maximum atomic E-state index is 11.2. The second kappa shape index (κ2) is 8.44. The summed E-state index contributed by atoms with van der Waals surface area (Å²) in [6.07, 6.45) is 1.28. The van der Waals surface area contributed by atoms with E-state index in [9.17, 15) is 4.79 Å². The largest absolute Gasteiger partial charge is 0.465 e. The van der Waals surface area contributed by atoms with Crippen LogP contribution in [0.15, 0.2) is 0 Å². The van der Waals surface area contributed by atoms with Gasteiger partial charge in [0, 0.05) is 20.3 Å². The van der Waals surface area contributed by atoms with Gasteiger partial charge < -0.3 is 19.9 Å². The second-order valence-corrected chi connectivity index (χ2v) is 4.47. The van der Waals surface area contributed by atoms with E-state index in [-0.39, 0.29) is 11.6 Å². The van der Waals surface area contributed by atoms with E-state index >= 15 is 0 Å². The second-order valence-electron chi connectivity index (χ2n) is 4.47. The number of nitrogens with two attached hydrogens (primary N) is 1. The number of carbonyl (C=O) groups excluding carboxylic acids is 1. The minimum Gasteiger partial charge on any atom is -0.465 e. The van der Waals surface area contributed by atoms with E-state index in [0.717, 1.165) is 6.42 Å². The average molecular weight is 247 g/mol. The molecule has 0 heterocycles. The molecule has 0 aromatic heterocycles. The van der Waals surface area contributed by atoms with Gasteiger partial charge in [-0.15, -0.1) is 0 Å². The van der Waals surface area contributed by atoms with E-state index in [0.29, 0.717) is 26.2 Å². The molecule has 0 aromatic carbocycles. The van der Waals surface area contributed by atoms with Crippen molar-refractivity contribution in [3.8, 4) is 0 Å². The summed E-state index contributed by atoms with van der Waals surface area (Å²) in [5, 5.41) is 0. The number of methoxy groups -OCH3 is 1. The molecule has 0 aliphatic heterocycles. The Morgan fingerprint density at radius 2 is 2.00 bits per heavy atom. The highest BCUT2D eigenvalue weighted by Crippen LogP contribution is 2.12. The molecule has 102 valence electrons. The van der Waals surface area contributed by atoms with Crippen molar-refractivity contribution in [2.75, 3.05) is 26.9 Å². The van der Waals surface area contributed by atoms with Gasteiger partial charge in [-0.2, -0.15) is 0 Å². The average Bonchev–Trinajstić information content (AvgIpc) is 2.28. The number of ether oxygens (including phenoxy) is 3. The van der Waals surface area contributed by atoms with Crippen LogP contribution in [0.5, 0.6) is 0 Å². The number of hydrogen-bond acceptors (Lipinski definition) is 5. The fraction of sp³-hybridized carbons (Fsp3) is 0.917. The zero-order valence-electron chi connectivity index (χ0n) is 11.3. The lowest BCUT2D eigenvalue weighted by molar-refractivity contribution is -0.145. The fourth-order valence-corrected chi connectivity index (χ4v) is 1.10. The number of rotatable bonds is 9. The first-order chi connectivity index (χ1) is 7.93. The summed E-state index contributed by atoms with van der Waals surface area (Å²) >= 11 is 0. The molecule has 0 amide bonds. The van der Waals surface area contributed by atoms with Crippen molar-refractivity contribution in [1.29, 1.82) is 0 Å². The number of hydrogen-bond donors (Lipinski definition) is 1. The van der Waals surface area contributed by atoms with E-state index < -0.39 is 6.04 Å². The van der Waals surface area contributed by atoms with E-state index in [1.165, 1.54) is 0 Å². The molecule has 0 aliphatic carbocycles. The Morgan fingerprint density at radius 3 is 2.53 bits per heavy atom. The summed E-state index contributed by atoms with van der Waals surface area (Å²) in [6, 6.07) is -0.592. The van der Waals surface area contributed by atoms with E-state index in [2.05, 4.69) is 0 Å². The van der Waals surface area contributed by atoms with Crippen molar-refractivity contribution in [2.24, 2.45) is 5.73 Å². The summed E-state index contributed by atoms with van der Waals surface area (Å²) < 4.78 is 15.5. The normalized spacial score (nSPS) is 13.5. The van der Waals surface area contributed by atoms with Crippen LogP contribution in [-0.2, 0) is 19.0 Å². The van der Waals surface area contributed by atoms with Crippen LogP contribution in [0.2, 0.25) is 0 Å². The van der Waals surface area contributed by atoms with Crippen molar-refractivity contribution in [3.63, 3.8) is 0 Å². The van der Waals surface area contributed by atoms with E-state index in [1.807, 2.05) is 13.8 Å². The minimum absolute atomic E-state index is 0.177. The highest BCUT2D eigenvalue weighted by molar-refractivity contribution is 5.75. The van der Waals surface area contributed by atoms with Gasteiger partial charge in [0.05, 0.1) is 12.2 Å². The van der Waals surface area contributed by atoms with Gasteiger partial charge in [-0.25, -0.2) is 0 Å². The van der Waals surface area contributed by atoms with Gasteiger partial charge in [0.25, 0.3) is 0 Å². The van der Waals surface area contributed by atoms with Crippen LogP contribution < -0.4 is 5.73 Å². The predicted octanol–water partition coefficient (Wildman–Crippen LogP) is 1.10. The first-order valence-electron chi connectivity index (χ1n) is 5.98. The van der Waals surface area contributed by atoms with Crippen molar-refractivity contribution in [1.82, 2.24) is 0 Å². The molecule has 17 heavy (non-hydrogen) atoms. The maximum absolute atomic E-state index is 11.2. The van der Waals surface area contributed by atoms with Crippen LogP contribution in [0.3, 0.4) is 0 Å². The van der Waals surface area contributed by atoms with E-state index in [1.54, 1.807) is 14.0 Å². The van der Waals surface area contributed by atoms with Crippen molar-refractivity contribution < 1.29 is 19.0 Å². The molecule has 5 heteroatoms. The lowest BCUT2D eigenvalue weighted by Gasteiger charge is -2.22. The highest BCUT2D eigenvalue weighted by atomic mass is 16.5. The summed E-state index contributed by atoms with van der Waals surface area (Å²) in [6.45, 7) is 7.17. The van der Waals surface area contributed by atoms with Crippen molar-refractivity contribution in [3.05, 3.63) is 0 Å². The summed E-state index contributed by atoms with van der Waals surface area (Å²) in [7, 11) is 1.68. The smallest absolute Gasteiger partial charge is 0.322 e. The lowest BCUT2D eigenvalue weighted by atomic mass is 10.1. The zero-order chi connectivity index (χ0) is 13.3. The molecule has 1 atom stereocenters. The molecule has 0 spiro atoms. The molecule has 5 nitrogen and oxygen atoms in total. The van der Waals surface area contributed by atoms with Crippen LogP contribution in [0.1, 0.15) is 33.6 Å². The first kappa shape index (κ1) is 16.4. The molecule has 1 unspecified atom stereocenters. The molecule has 0 aliphatic rings. The molecule has 0 saturated carbocycles. The highest BCUT2D eigenvalue weighted by Gasteiger charge is 2.16. The van der Waals surface area contributed by atoms with Gasteiger partial charge in [-0.3, -0.25) is 4.79 Å². The maximum Gasteiger partial charge on any atom is 0.322 e. The first-order valence-corrected chi connectivity index (χ1v) is 5.98. The molecule has 0 rings (SSSR count). The Bertz CT molecular complexity index is 219. The SMILES string of the molecule is CCOC(=O)C(N)CCOCCC(C)(C)OC. The van der Waals surface area contributed by atoms with Gasteiger partial charge in [0.15, 0.2) is 0 Å².